The fourth-order valence-electron chi connectivity index (χ4n) is 1.28. The molecule has 1 unspecified atom stereocenters. The summed E-state index contributed by atoms with van der Waals surface area (Å²) in [6.45, 7) is 4.03. The number of rotatable bonds is 6. The number of benzene rings is 1. The molecule has 0 bridgehead atoms. The minimum absolute atomic E-state index is 0.000961. The van der Waals surface area contributed by atoms with E-state index < -0.39 is 6.10 Å². The maximum atomic E-state index is 13.1. The molecule has 0 heterocycles. The Bertz CT molecular complexity index is 360. The third-order valence-corrected chi connectivity index (χ3v) is 2.37. The van der Waals surface area contributed by atoms with E-state index in [9.17, 15) is 9.50 Å². The summed E-state index contributed by atoms with van der Waals surface area (Å²) in [7, 11) is 0. The summed E-state index contributed by atoms with van der Waals surface area (Å²) < 4.78 is 18.6. The van der Waals surface area contributed by atoms with Crippen molar-refractivity contribution in [3.8, 4) is 5.75 Å². The first kappa shape index (κ1) is 14.1. The molecule has 0 saturated heterocycles. The molecule has 0 radical (unpaired) electrons. The van der Waals surface area contributed by atoms with E-state index >= 15 is 0 Å². The molecule has 17 heavy (non-hydrogen) atoms. The first-order chi connectivity index (χ1) is 8.02. The number of alkyl halides is 1. The van der Waals surface area contributed by atoms with Crippen LogP contribution in [0.4, 0.5) is 10.1 Å². The number of anilines is 1. The Kier molecular flexibility index (Phi) is 5.51. The van der Waals surface area contributed by atoms with Crippen molar-refractivity contribution >= 4 is 17.3 Å². The van der Waals surface area contributed by atoms with Crippen LogP contribution in [0.2, 0.25) is 0 Å². The average Bonchev–Trinajstić information content (AvgIpc) is 2.28. The van der Waals surface area contributed by atoms with Crippen LogP contribution >= 0.6 is 11.6 Å². The highest BCUT2D eigenvalue weighted by atomic mass is 35.5. The molecule has 0 aliphatic rings. The van der Waals surface area contributed by atoms with Crippen LogP contribution < -0.4 is 10.1 Å². The Morgan fingerprint density at radius 1 is 1.47 bits per heavy atom. The van der Waals surface area contributed by atoms with E-state index in [-0.39, 0.29) is 24.3 Å². The highest BCUT2D eigenvalue weighted by Gasteiger charge is 2.09. The van der Waals surface area contributed by atoms with Gasteiger partial charge >= 0.3 is 0 Å². The van der Waals surface area contributed by atoms with Gasteiger partial charge < -0.3 is 15.2 Å². The van der Waals surface area contributed by atoms with E-state index in [0.717, 1.165) is 0 Å². The summed E-state index contributed by atoms with van der Waals surface area (Å²) in [6.07, 6.45) is -0.675. The van der Waals surface area contributed by atoms with Crippen LogP contribution in [0.3, 0.4) is 0 Å². The molecule has 1 aromatic carbocycles. The lowest BCUT2D eigenvalue weighted by atomic mass is 10.2. The summed E-state index contributed by atoms with van der Waals surface area (Å²) >= 11 is 5.48. The van der Waals surface area contributed by atoms with Gasteiger partial charge in [0.1, 0.15) is 11.6 Å². The van der Waals surface area contributed by atoms with Crippen LogP contribution in [0.1, 0.15) is 13.8 Å². The second-order valence-electron chi connectivity index (χ2n) is 4.00. The summed E-state index contributed by atoms with van der Waals surface area (Å²) in [4.78, 5) is 0. The topological polar surface area (TPSA) is 41.5 Å². The van der Waals surface area contributed by atoms with Crippen molar-refractivity contribution in [2.24, 2.45) is 0 Å². The summed E-state index contributed by atoms with van der Waals surface area (Å²) in [5.74, 6) is 0.329. The van der Waals surface area contributed by atoms with E-state index in [0.29, 0.717) is 11.4 Å². The van der Waals surface area contributed by atoms with Gasteiger partial charge in [0.15, 0.2) is 0 Å². The van der Waals surface area contributed by atoms with Crippen molar-refractivity contribution in [3.05, 3.63) is 24.0 Å². The van der Waals surface area contributed by atoms with Gasteiger partial charge in [-0.3, -0.25) is 0 Å². The van der Waals surface area contributed by atoms with Gasteiger partial charge in [0.2, 0.25) is 0 Å². The average molecular weight is 262 g/mol. The molecule has 96 valence electrons. The van der Waals surface area contributed by atoms with Gasteiger partial charge in [-0.1, -0.05) is 0 Å². The van der Waals surface area contributed by atoms with Crippen LogP contribution in [0.5, 0.6) is 5.75 Å². The van der Waals surface area contributed by atoms with Crippen LogP contribution in [0.25, 0.3) is 0 Å². The van der Waals surface area contributed by atoms with Crippen molar-refractivity contribution in [3.63, 3.8) is 0 Å². The molecule has 0 aliphatic carbocycles. The zero-order valence-electron chi connectivity index (χ0n) is 9.91. The van der Waals surface area contributed by atoms with Gasteiger partial charge in [0, 0.05) is 12.6 Å². The van der Waals surface area contributed by atoms with E-state index in [1.165, 1.54) is 12.1 Å². The van der Waals surface area contributed by atoms with E-state index in [4.69, 9.17) is 16.3 Å². The van der Waals surface area contributed by atoms with Gasteiger partial charge in [0.25, 0.3) is 0 Å². The predicted octanol–water partition coefficient (Wildman–Crippen LogP) is 2.62. The van der Waals surface area contributed by atoms with Crippen molar-refractivity contribution < 1.29 is 14.2 Å². The summed E-state index contributed by atoms with van der Waals surface area (Å²) in [5, 5.41) is 12.2. The molecule has 0 spiro atoms. The monoisotopic (exact) mass is 261 g/mol. The SMILES string of the molecule is CC(C)Oc1ccc(F)cc1NCC(O)CCl. The predicted molar refractivity (Wildman–Crippen MR) is 67.4 cm³/mol. The molecule has 0 amide bonds. The standard InChI is InChI=1S/C12H17ClFNO2/c1-8(2)17-12-4-3-9(14)5-11(12)15-7-10(16)6-13/h3-5,8,10,15-16H,6-7H2,1-2H3. The van der Waals surface area contributed by atoms with Gasteiger partial charge in [-0.05, 0) is 26.0 Å². The molecule has 1 atom stereocenters. The highest BCUT2D eigenvalue weighted by molar-refractivity contribution is 6.18. The molecule has 0 aromatic heterocycles. The molecular weight excluding hydrogens is 245 g/mol. The van der Waals surface area contributed by atoms with Crippen LogP contribution in [0.15, 0.2) is 18.2 Å². The molecule has 1 aromatic rings. The van der Waals surface area contributed by atoms with Gasteiger partial charge in [0.05, 0.1) is 23.8 Å². The minimum atomic E-state index is -0.674. The lowest BCUT2D eigenvalue weighted by Crippen LogP contribution is -2.21. The van der Waals surface area contributed by atoms with Gasteiger partial charge in [-0.25, -0.2) is 4.39 Å². The summed E-state index contributed by atoms with van der Waals surface area (Å²) in [6, 6.07) is 4.23. The fourth-order valence-corrected chi connectivity index (χ4v) is 1.39. The van der Waals surface area contributed by atoms with Crippen LogP contribution in [-0.2, 0) is 0 Å². The largest absolute Gasteiger partial charge is 0.489 e. The first-order valence-electron chi connectivity index (χ1n) is 5.47. The third-order valence-electron chi connectivity index (χ3n) is 2.01. The van der Waals surface area contributed by atoms with Gasteiger partial charge in [-0.2, -0.15) is 0 Å². The molecule has 0 fully saturated rings. The second-order valence-corrected chi connectivity index (χ2v) is 4.30. The zero-order valence-corrected chi connectivity index (χ0v) is 10.7. The Labute approximate surface area is 106 Å². The van der Waals surface area contributed by atoms with E-state index in [1.807, 2.05) is 13.8 Å². The molecule has 3 nitrogen and oxygen atoms in total. The molecular formula is C12H17ClFNO2. The Balaban J connectivity index is 2.76. The lowest BCUT2D eigenvalue weighted by Gasteiger charge is -2.16. The number of halogens is 2. The first-order valence-corrected chi connectivity index (χ1v) is 6.00. The molecule has 5 heteroatoms. The normalized spacial score (nSPS) is 12.6. The number of aliphatic hydroxyl groups excluding tert-OH is 1. The van der Waals surface area contributed by atoms with Crippen molar-refractivity contribution in [2.75, 3.05) is 17.7 Å². The molecule has 1 rings (SSSR count). The third kappa shape index (κ3) is 4.79. The Hall–Kier alpha value is -1.00. The number of aliphatic hydroxyl groups is 1. The van der Waals surface area contributed by atoms with Crippen molar-refractivity contribution in [2.45, 2.75) is 26.1 Å². The minimum Gasteiger partial charge on any atom is -0.489 e. The van der Waals surface area contributed by atoms with E-state index in [2.05, 4.69) is 5.32 Å². The van der Waals surface area contributed by atoms with Crippen LogP contribution in [-0.4, -0.2) is 29.7 Å². The molecule has 0 aliphatic heterocycles. The number of hydrogen-bond acceptors (Lipinski definition) is 3. The van der Waals surface area contributed by atoms with E-state index in [1.54, 1.807) is 6.07 Å². The molecule has 2 N–H and O–H groups in total. The maximum absolute atomic E-state index is 13.1. The van der Waals surface area contributed by atoms with Gasteiger partial charge in [-0.15, -0.1) is 11.6 Å². The highest BCUT2D eigenvalue weighted by Crippen LogP contribution is 2.26. The maximum Gasteiger partial charge on any atom is 0.142 e. The number of nitrogens with one attached hydrogen (secondary N) is 1. The smallest absolute Gasteiger partial charge is 0.142 e. The number of hydrogen-bond donors (Lipinski definition) is 2. The van der Waals surface area contributed by atoms with Crippen molar-refractivity contribution in [1.29, 1.82) is 0 Å². The summed E-state index contributed by atoms with van der Waals surface area (Å²) in [5.41, 5.74) is 0.517. The van der Waals surface area contributed by atoms with Crippen LogP contribution in [0, 0.1) is 5.82 Å². The Morgan fingerprint density at radius 2 is 2.18 bits per heavy atom. The van der Waals surface area contributed by atoms with Crippen molar-refractivity contribution in [1.82, 2.24) is 0 Å². The fraction of sp³-hybridized carbons (Fsp3) is 0.500. The second kappa shape index (κ2) is 6.67. The lowest BCUT2D eigenvalue weighted by molar-refractivity contribution is 0.211. The Morgan fingerprint density at radius 3 is 2.76 bits per heavy atom. The number of ether oxygens (including phenoxy) is 1. The quantitative estimate of drug-likeness (QED) is 0.774. The molecule has 0 saturated carbocycles. The zero-order chi connectivity index (χ0) is 12.8.